The summed E-state index contributed by atoms with van der Waals surface area (Å²) in [5.74, 6) is -0.818. The molecule has 0 fully saturated rings. The van der Waals surface area contributed by atoms with E-state index in [1.54, 1.807) is 20.8 Å². The minimum absolute atomic E-state index is 0.206. The van der Waals surface area contributed by atoms with E-state index in [0.29, 0.717) is 0 Å². The van der Waals surface area contributed by atoms with Crippen LogP contribution >= 0.6 is 0 Å². The topological polar surface area (TPSA) is 67.2 Å². The number of nitriles is 1. The molecule has 0 N–H and O–H groups in total. The van der Waals surface area contributed by atoms with Gasteiger partial charge in [-0.2, -0.15) is 5.26 Å². The van der Waals surface area contributed by atoms with Gasteiger partial charge in [-0.15, -0.1) is 0 Å². The number of carbonyl (C=O) groups is 2. The number of nitrogens with zero attached hydrogens (tertiary/aromatic N) is 1. The zero-order valence-corrected chi connectivity index (χ0v) is 13.5. The monoisotopic (exact) mass is 279 g/mol. The third-order valence-corrected chi connectivity index (χ3v) is 2.37. The molecule has 0 aliphatic heterocycles. The number of carbonyl (C=O) groups excluding carboxylic acids is 2. The predicted octanol–water partition coefficient (Wildman–Crippen LogP) is 3.42. The van der Waals surface area contributed by atoms with Crippen LogP contribution < -0.4 is 0 Å². The molecule has 4 heteroatoms. The van der Waals surface area contributed by atoms with Gasteiger partial charge in [-0.3, -0.25) is 4.79 Å². The second-order valence-corrected chi connectivity index (χ2v) is 7.27. The highest BCUT2D eigenvalue weighted by molar-refractivity contribution is 5.90. The van der Waals surface area contributed by atoms with Gasteiger partial charge in [-0.05, 0) is 51.7 Å². The number of rotatable bonds is 4. The Morgan fingerprint density at radius 2 is 1.65 bits per heavy atom. The molecule has 0 heterocycles. The molecule has 0 aliphatic carbocycles. The van der Waals surface area contributed by atoms with Gasteiger partial charge in [0.05, 0.1) is 6.07 Å². The third-order valence-electron chi connectivity index (χ3n) is 2.37. The maximum absolute atomic E-state index is 12.4. The maximum atomic E-state index is 12.4. The molecule has 0 aromatic rings. The molecule has 4 nitrogen and oxygen atoms in total. The first-order chi connectivity index (χ1) is 8.81. The summed E-state index contributed by atoms with van der Waals surface area (Å²) in [5, 5.41) is 9.51. The van der Waals surface area contributed by atoms with Gasteiger partial charge in [0.25, 0.3) is 0 Å². The number of hydrogen-bond donors (Lipinski definition) is 0. The predicted molar refractivity (Wildman–Crippen MR) is 77.8 cm³/mol. The van der Waals surface area contributed by atoms with E-state index in [1.165, 1.54) is 19.1 Å². The fraction of sp³-hybridized carbons (Fsp3) is 0.688. The van der Waals surface area contributed by atoms with Gasteiger partial charge in [0.15, 0.2) is 11.2 Å². The molecule has 0 rings (SSSR count). The van der Waals surface area contributed by atoms with Crippen molar-refractivity contribution in [3.63, 3.8) is 0 Å². The van der Waals surface area contributed by atoms with E-state index < -0.39 is 17.0 Å². The molecule has 0 amide bonds. The van der Waals surface area contributed by atoms with Crippen molar-refractivity contribution in [2.45, 2.75) is 60.5 Å². The third kappa shape index (κ3) is 6.51. The van der Waals surface area contributed by atoms with E-state index in [4.69, 9.17) is 4.74 Å². The Bertz CT molecular complexity index is 444. The van der Waals surface area contributed by atoms with Gasteiger partial charge in [0.1, 0.15) is 5.60 Å². The Labute approximate surface area is 121 Å². The lowest BCUT2D eigenvalue weighted by Gasteiger charge is -2.31. The zero-order valence-electron chi connectivity index (χ0n) is 13.5. The van der Waals surface area contributed by atoms with E-state index in [-0.39, 0.29) is 17.6 Å². The molecular weight excluding hydrogens is 254 g/mol. The van der Waals surface area contributed by atoms with Crippen LogP contribution in [0, 0.1) is 22.2 Å². The quantitative estimate of drug-likeness (QED) is 0.584. The molecule has 0 bridgehead atoms. The van der Waals surface area contributed by atoms with Crippen molar-refractivity contribution in [2.75, 3.05) is 0 Å². The summed E-state index contributed by atoms with van der Waals surface area (Å²) in [6, 6.07) is 2.04. The Hall–Kier alpha value is -1.63. The van der Waals surface area contributed by atoms with Crippen LogP contribution in [0.25, 0.3) is 0 Å². The van der Waals surface area contributed by atoms with Crippen LogP contribution in [-0.2, 0) is 14.3 Å². The number of ketones is 1. The summed E-state index contributed by atoms with van der Waals surface area (Å²) < 4.78 is 5.35. The Morgan fingerprint density at radius 3 is 1.95 bits per heavy atom. The standard InChI is InChI=1S/C16H25NO3/c1-12(18)8-9-16(11-17,10-14(2,3)4)13(19)20-15(5,6)7/h8-9H,10H2,1-7H3/b9-8+/t16-/m0/s1. The minimum atomic E-state index is -1.43. The van der Waals surface area contributed by atoms with Crippen LogP contribution in [-0.4, -0.2) is 17.4 Å². The highest BCUT2D eigenvalue weighted by Crippen LogP contribution is 2.37. The second kappa shape index (κ2) is 6.21. The zero-order chi connectivity index (χ0) is 16.2. The summed E-state index contributed by atoms with van der Waals surface area (Å²) >= 11 is 0. The average molecular weight is 279 g/mol. The maximum Gasteiger partial charge on any atom is 0.331 e. The van der Waals surface area contributed by atoms with E-state index >= 15 is 0 Å². The SMILES string of the molecule is CC(=O)/C=C/[C@@](C#N)(CC(C)(C)C)C(=O)OC(C)(C)C. The van der Waals surface area contributed by atoms with E-state index in [1.807, 2.05) is 26.8 Å². The normalized spacial score (nSPS) is 15.5. The second-order valence-electron chi connectivity index (χ2n) is 7.27. The summed E-state index contributed by atoms with van der Waals surface area (Å²) in [6.45, 7) is 12.4. The molecule has 0 spiro atoms. The molecule has 0 aromatic carbocycles. The van der Waals surface area contributed by atoms with Gasteiger partial charge >= 0.3 is 5.97 Å². The van der Waals surface area contributed by atoms with E-state index in [0.717, 1.165) is 0 Å². The molecule has 0 radical (unpaired) electrons. The minimum Gasteiger partial charge on any atom is -0.459 e. The number of esters is 1. The smallest absolute Gasteiger partial charge is 0.331 e. The first-order valence-corrected chi connectivity index (χ1v) is 6.66. The average Bonchev–Trinajstić information content (AvgIpc) is 2.19. The lowest BCUT2D eigenvalue weighted by molar-refractivity contribution is -0.163. The lowest BCUT2D eigenvalue weighted by atomic mass is 9.74. The van der Waals surface area contributed by atoms with Gasteiger partial charge in [0.2, 0.25) is 0 Å². The van der Waals surface area contributed by atoms with Crippen molar-refractivity contribution in [3.8, 4) is 6.07 Å². The van der Waals surface area contributed by atoms with Crippen LogP contribution in [0.2, 0.25) is 0 Å². The van der Waals surface area contributed by atoms with Crippen molar-refractivity contribution in [1.29, 1.82) is 5.26 Å². The number of ether oxygens (including phenoxy) is 1. The largest absolute Gasteiger partial charge is 0.459 e. The van der Waals surface area contributed by atoms with Crippen molar-refractivity contribution < 1.29 is 14.3 Å². The van der Waals surface area contributed by atoms with Gasteiger partial charge in [0, 0.05) is 0 Å². The van der Waals surface area contributed by atoms with Gasteiger partial charge < -0.3 is 4.74 Å². The summed E-state index contributed by atoms with van der Waals surface area (Å²) in [6.07, 6.45) is 2.92. The molecule has 0 saturated heterocycles. The fourth-order valence-corrected chi connectivity index (χ4v) is 1.79. The summed E-state index contributed by atoms with van der Waals surface area (Å²) in [5.41, 5.74) is -2.37. The molecular formula is C16H25NO3. The van der Waals surface area contributed by atoms with Crippen LogP contribution in [0.3, 0.4) is 0 Å². The lowest BCUT2D eigenvalue weighted by Crippen LogP contribution is -2.38. The van der Waals surface area contributed by atoms with Crippen LogP contribution in [0.5, 0.6) is 0 Å². The van der Waals surface area contributed by atoms with Crippen LogP contribution in [0.15, 0.2) is 12.2 Å². The highest BCUT2D eigenvalue weighted by atomic mass is 16.6. The summed E-state index contributed by atoms with van der Waals surface area (Å²) in [7, 11) is 0. The fourth-order valence-electron chi connectivity index (χ4n) is 1.79. The van der Waals surface area contributed by atoms with E-state index in [9.17, 15) is 14.9 Å². The van der Waals surface area contributed by atoms with Crippen molar-refractivity contribution >= 4 is 11.8 Å². The molecule has 0 unspecified atom stereocenters. The van der Waals surface area contributed by atoms with Gasteiger partial charge in [-0.1, -0.05) is 20.8 Å². The molecule has 0 saturated carbocycles. The van der Waals surface area contributed by atoms with Gasteiger partial charge in [-0.25, -0.2) is 4.79 Å². The first kappa shape index (κ1) is 18.4. The highest BCUT2D eigenvalue weighted by Gasteiger charge is 2.43. The Balaban J connectivity index is 5.60. The van der Waals surface area contributed by atoms with Crippen molar-refractivity contribution in [3.05, 3.63) is 12.2 Å². The molecule has 112 valence electrons. The van der Waals surface area contributed by atoms with Crippen LogP contribution in [0.4, 0.5) is 0 Å². The molecule has 0 aliphatic rings. The Morgan fingerprint density at radius 1 is 1.15 bits per heavy atom. The van der Waals surface area contributed by atoms with Crippen molar-refractivity contribution in [1.82, 2.24) is 0 Å². The number of hydrogen-bond acceptors (Lipinski definition) is 4. The summed E-state index contributed by atoms with van der Waals surface area (Å²) in [4.78, 5) is 23.5. The molecule has 1 atom stereocenters. The van der Waals surface area contributed by atoms with E-state index in [2.05, 4.69) is 0 Å². The first-order valence-electron chi connectivity index (χ1n) is 6.66. The Kier molecular flexibility index (Phi) is 5.71. The molecule has 0 aromatic heterocycles. The number of allylic oxidation sites excluding steroid dienone is 1. The van der Waals surface area contributed by atoms with Crippen LogP contribution in [0.1, 0.15) is 54.9 Å². The molecule has 20 heavy (non-hydrogen) atoms. The van der Waals surface area contributed by atoms with Crippen molar-refractivity contribution in [2.24, 2.45) is 10.8 Å².